The monoisotopic (exact) mass is 362 g/mol. The molecule has 1 fully saturated rings. The smallest absolute Gasteiger partial charge is 0.251 e. The Morgan fingerprint density at radius 2 is 1.83 bits per heavy atom. The van der Waals surface area contributed by atoms with Crippen molar-refractivity contribution in [2.45, 2.75) is 18.9 Å². The number of benzene rings is 2. The summed E-state index contributed by atoms with van der Waals surface area (Å²) in [6.07, 6.45) is 0.821. The molecule has 2 amide bonds. The molecule has 0 saturated carbocycles. The van der Waals surface area contributed by atoms with Gasteiger partial charge in [-0.2, -0.15) is 0 Å². The lowest BCUT2D eigenvalue weighted by molar-refractivity contribution is -0.121. The summed E-state index contributed by atoms with van der Waals surface area (Å²) in [5.74, 6) is -0.401. The van der Waals surface area contributed by atoms with Crippen molar-refractivity contribution < 1.29 is 9.59 Å². The third kappa shape index (κ3) is 3.61. The lowest BCUT2D eigenvalue weighted by Gasteiger charge is -2.15. The number of amides is 2. The predicted molar refractivity (Wildman–Crippen MR) is 95.5 cm³/mol. The van der Waals surface area contributed by atoms with Crippen LogP contribution in [0.15, 0.2) is 48.5 Å². The van der Waals surface area contributed by atoms with Gasteiger partial charge in [0.05, 0.1) is 18.2 Å². The fraction of sp³-hybridized carbons (Fsp3) is 0.222. The van der Waals surface area contributed by atoms with Gasteiger partial charge in [0, 0.05) is 10.0 Å². The Bertz CT molecular complexity index is 765. The summed E-state index contributed by atoms with van der Waals surface area (Å²) in [5.41, 5.74) is 1.56. The lowest BCUT2D eigenvalue weighted by atomic mass is 10.1. The van der Waals surface area contributed by atoms with Crippen molar-refractivity contribution >= 4 is 40.7 Å². The summed E-state index contributed by atoms with van der Waals surface area (Å²) < 4.78 is 0. The van der Waals surface area contributed by atoms with E-state index < -0.39 is 6.04 Å². The van der Waals surface area contributed by atoms with E-state index in [1.807, 2.05) is 12.1 Å². The minimum atomic E-state index is -0.496. The second-order valence-electron chi connectivity index (χ2n) is 5.60. The molecule has 3 rings (SSSR count). The van der Waals surface area contributed by atoms with Crippen LogP contribution in [-0.2, 0) is 16.0 Å². The fourth-order valence-electron chi connectivity index (χ4n) is 2.75. The number of hydrogen-bond acceptors (Lipinski definition) is 3. The standard InChI is InChI=1S/C18H16Cl2N2O2/c19-13-7-6-12(15(20)10-13)8-9-21-16-11-17(23)22(18(16)24)14-4-2-1-3-5-14/h1-7,10,16,21H,8-9,11H2/t16-/m0/s1. The largest absolute Gasteiger partial charge is 0.305 e. The second-order valence-corrected chi connectivity index (χ2v) is 6.44. The Kier molecular flexibility index (Phi) is 5.19. The molecule has 2 aromatic carbocycles. The number of imide groups is 1. The van der Waals surface area contributed by atoms with Gasteiger partial charge in [0.1, 0.15) is 0 Å². The number of rotatable bonds is 5. The average molecular weight is 363 g/mol. The van der Waals surface area contributed by atoms with Gasteiger partial charge in [0.15, 0.2) is 0 Å². The lowest BCUT2D eigenvalue weighted by Crippen LogP contribution is -2.39. The summed E-state index contributed by atoms with van der Waals surface area (Å²) >= 11 is 12.0. The van der Waals surface area contributed by atoms with Gasteiger partial charge in [0.2, 0.25) is 5.91 Å². The number of nitrogens with zero attached hydrogens (tertiary/aromatic N) is 1. The van der Waals surface area contributed by atoms with Gasteiger partial charge in [-0.25, -0.2) is 4.90 Å². The maximum atomic E-state index is 12.5. The number of halogens is 2. The molecule has 0 radical (unpaired) electrons. The van der Waals surface area contributed by atoms with Crippen LogP contribution in [-0.4, -0.2) is 24.4 Å². The van der Waals surface area contributed by atoms with Crippen molar-refractivity contribution in [3.63, 3.8) is 0 Å². The minimum Gasteiger partial charge on any atom is -0.305 e. The van der Waals surface area contributed by atoms with Crippen LogP contribution < -0.4 is 10.2 Å². The fourth-order valence-corrected chi connectivity index (χ4v) is 3.25. The first-order chi connectivity index (χ1) is 11.6. The van der Waals surface area contributed by atoms with Crippen LogP contribution in [0, 0.1) is 0 Å². The molecule has 124 valence electrons. The van der Waals surface area contributed by atoms with Crippen LogP contribution >= 0.6 is 23.2 Å². The molecular weight excluding hydrogens is 347 g/mol. The van der Waals surface area contributed by atoms with Crippen LogP contribution in [0.3, 0.4) is 0 Å². The van der Waals surface area contributed by atoms with Crippen molar-refractivity contribution in [2.75, 3.05) is 11.4 Å². The molecule has 0 spiro atoms. The first kappa shape index (κ1) is 17.0. The van der Waals surface area contributed by atoms with Crippen molar-refractivity contribution in [3.05, 3.63) is 64.1 Å². The van der Waals surface area contributed by atoms with E-state index in [1.165, 1.54) is 4.90 Å². The van der Waals surface area contributed by atoms with E-state index in [4.69, 9.17) is 23.2 Å². The van der Waals surface area contributed by atoms with Gasteiger partial charge in [-0.15, -0.1) is 0 Å². The van der Waals surface area contributed by atoms with Crippen LogP contribution in [0.5, 0.6) is 0 Å². The first-order valence-corrected chi connectivity index (χ1v) is 8.41. The molecule has 1 aliphatic rings. The number of carbonyl (C=O) groups excluding carboxylic acids is 2. The number of carbonyl (C=O) groups is 2. The van der Waals surface area contributed by atoms with Gasteiger partial charge < -0.3 is 5.32 Å². The summed E-state index contributed by atoms with van der Waals surface area (Å²) in [5, 5.41) is 4.34. The Hall–Kier alpha value is -1.88. The van der Waals surface area contributed by atoms with Gasteiger partial charge in [0.25, 0.3) is 5.91 Å². The molecule has 1 aliphatic heterocycles. The Labute approximate surface area is 150 Å². The Balaban J connectivity index is 1.60. The zero-order valence-electron chi connectivity index (χ0n) is 12.8. The SMILES string of the molecule is O=C1C[C@H](NCCc2ccc(Cl)cc2Cl)C(=O)N1c1ccccc1. The number of para-hydroxylation sites is 1. The molecule has 0 aromatic heterocycles. The quantitative estimate of drug-likeness (QED) is 0.828. The number of hydrogen-bond donors (Lipinski definition) is 1. The van der Waals surface area contributed by atoms with Gasteiger partial charge in [-0.05, 0) is 42.8 Å². The summed E-state index contributed by atoms with van der Waals surface area (Å²) in [6.45, 7) is 0.549. The summed E-state index contributed by atoms with van der Waals surface area (Å²) in [6, 6.07) is 13.8. The van der Waals surface area contributed by atoms with Gasteiger partial charge in [-0.1, -0.05) is 47.5 Å². The van der Waals surface area contributed by atoms with E-state index in [0.717, 1.165) is 5.56 Å². The molecule has 4 nitrogen and oxygen atoms in total. The van der Waals surface area contributed by atoms with Crippen molar-refractivity contribution in [2.24, 2.45) is 0 Å². The molecule has 0 aliphatic carbocycles. The summed E-state index contributed by atoms with van der Waals surface area (Å²) in [4.78, 5) is 25.9. The van der Waals surface area contributed by atoms with Crippen molar-refractivity contribution in [3.8, 4) is 0 Å². The van der Waals surface area contributed by atoms with Crippen molar-refractivity contribution in [1.29, 1.82) is 0 Å². The molecule has 0 bridgehead atoms. The summed E-state index contributed by atoms with van der Waals surface area (Å²) in [7, 11) is 0. The molecular formula is C18H16Cl2N2O2. The molecule has 2 aromatic rings. The zero-order chi connectivity index (χ0) is 17.1. The third-order valence-electron chi connectivity index (χ3n) is 3.96. The normalized spacial score (nSPS) is 17.6. The zero-order valence-corrected chi connectivity index (χ0v) is 14.3. The van der Waals surface area contributed by atoms with E-state index in [1.54, 1.807) is 36.4 Å². The van der Waals surface area contributed by atoms with E-state index in [2.05, 4.69) is 5.32 Å². The van der Waals surface area contributed by atoms with E-state index in [0.29, 0.717) is 28.7 Å². The van der Waals surface area contributed by atoms with Crippen LogP contribution in [0.1, 0.15) is 12.0 Å². The Morgan fingerprint density at radius 3 is 2.54 bits per heavy atom. The molecule has 24 heavy (non-hydrogen) atoms. The molecule has 1 saturated heterocycles. The van der Waals surface area contributed by atoms with Crippen molar-refractivity contribution in [1.82, 2.24) is 5.32 Å². The molecule has 1 N–H and O–H groups in total. The van der Waals surface area contributed by atoms with Gasteiger partial charge >= 0.3 is 0 Å². The van der Waals surface area contributed by atoms with Crippen LogP contribution in [0.2, 0.25) is 10.0 Å². The third-order valence-corrected chi connectivity index (χ3v) is 4.55. The highest BCUT2D eigenvalue weighted by Crippen LogP contribution is 2.23. The minimum absolute atomic E-state index is 0.169. The Morgan fingerprint density at radius 1 is 1.08 bits per heavy atom. The van der Waals surface area contributed by atoms with E-state index >= 15 is 0 Å². The highest BCUT2D eigenvalue weighted by molar-refractivity contribution is 6.35. The topological polar surface area (TPSA) is 49.4 Å². The van der Waals surface area contributed by atoms with Gasteiger partial charge in [-0.3, -0.25) is 9.59 Å². The first-order valence-electron chi connectivity index (χ1n) is 7.65. The van der Waals surface area contributed by atoms with Crippen LogP contribution in [0.25, 0.3) is 0 Å². The van der Waals surface area contributed by atoms with E-state index in [-0.39, 0.29) is 18.2 Å². The van der Waals surface area contributed by atoms with Crippen LogP contribution in [0.4, 0.5) is 5.69 Å². The highest BCUT2D eigenvalue weighted by atomic mass is 35.5. The maximum Gasteiger partial charge on any atom is 0.251 e. The maximum absolute atomic E-state index is 12.5. The number of anilines is 1. The second kappa shape index (κ2) is 7.34. The number of nitrogens with one attached hydrogen (secondary N) is 1. The molecule has 1 atom stereocenters. The molecule has 6 heteroatoms. The molecule has 1 heterocycles. The van der Waals surface area contributed by atoms with E-state index in [9.17, 15) is 9.59 Å². The predicted octanol–water partition coefficient (Wildman–Crippen LogP) is 3.46. The highest BCUT2D eigenvalue weighted by Gasteiger charge is 2.38. The molecule has 0 unspecified atom stereocenters. The average Bonchev–Trinajstić information content (AvgIpc) is 2.84.